The lowest BCUT2D eigenvalue weighted by Crippen LogP contribution is -2.16. The van der Waals surface area contributed by atoms with Crippen LogP contribution in [0.4, 0.5) is 11.4 Å². The molecule has 30 heavy (non-hydrogen) atoms. The molecule has 0 spiro atoms. The summed E-state index contributed by atoms with van der Waals surface area (Å²) in [4.78, 5) is 12.7. The van der Waals surface area contributed by atoms with Crippen LogP contribution in [0.25, 0.3) is 0 Å². The Labute approximate surface area is 177 Å². The van der Waals surface area contributed by atoms with Crippen molar-refractivity contribution in [1.29, 1.82) is 0 Å². The number of hydrogen-bond acceptors (Lipinski definition) is 4. The normalized spacial score (nSPS) is 11.1. The Morgan fingerprint density at radius 2 is 1.57 bits per heavy atom. The van der Waals surface area contributed by atoms with Crippen molar-refractivity contribution in [1.82, 2.24) is 0 Å². The molecule has 0 radical (unpaired) electrons. The van der Waals surface area contributed by atoms with E-state index in [-0.39, 0.29) is 16.5 Å². The number of rotatable bonds is 6. The van der Waals surface area contributed by atoms with Crippen LogP contribution in [-0.4, -0.2) is 21.4 Å². The molecule has 7 heteroatoms. The van der Waals surface area contributed by atoms with Gasteiger partial charge in [0.25, 0.3) is 15.9 Å². The largest absolute Gasteiger partial charge is 0.495 e. The second kappa shape index (κ2) is 8.59. The van der Waals surface area contributed by atoms with Crippen molar-refractivity contribution in [2.75, 3.05) is 17.1 Å². The van der Waals surface area contributed by atoms with Crippen molar-refractivity contribution in [3.05, 3.63) is 82.9 Å². The van der Waals surface area contributed by atoms with Crippen LogP contribution in [0.2, 0.25) is 0 Å². The van der Waals surface area contributed by atoms with Crippen LogP contribution in [0.5, 0.6) is 5.75 Å². The molecule has 0 aliphatic rings. The van der Waals surface area contributed by atoms with E-state index in [0.717, 1.165) is 16.7 Å². The summed E-state index contributed by atoms with van der Waals surface area (Å²) in [5, 5.41) is 2.76. The summed E-state index contributed by atoms with van der Waals surface area (Å²) in [6, 6.07) is 17.0. The smallest absolute Gasteiger partial charge is 0.261 e. The molecule has 0 fully saturated rings. The molecule has 0 saturated carbocycles. The molecule has 0 aromatic heterocycles. The van der Waals surface area contributed by atoms with E-state index in [0.29, 0.717) is 17.0 Å². The molecule has 3 aromatic carbocycles. The molecule has 0 unspecified atom stereocenters. The van der Waals surface area contributed by atoms with Gasteiger partial charge >= 0.3 is 0 Å². The highest BCUT2D eigenvalue weighted by Crippen LogP contribution is 2.29. The fraction of sp³-hybridized carbons (Fsp3) is 0.174. The topological polar surface area (TPSA) is 84.5 Å². The van der Waals surface area contributed by atoms with E-state index in [1.807, 2.05) is 39.0 Å². The molecule has 156 valence electrons. The second-order valence-corrected chi connectivity index (χ2v) is 8.80. The summed E-state index contributed by atoms with van der Waals surface area (Å²) < 4.78 is 33.7. The first-order valence-corrected chi connectivity index (χ1v) is 10.8. The van der Waals surface area contributed by atoms with Gasteiger partial charge < -0.3 is 10.1 Å². The number of benzene rings is 3. The molecule has 0 bridgehead atoms. The van der Waals surface area contributed by atoms with Crippen LogP contribution in [0.15, 0.2) is 65.6 Å². The van der Waals surface area contributed by atoms with Crippen LogP contribution in [0.3, 0.4) is 0 Å². The SMILES string of the molecule is COc1ccc(S(=O)(=O)Nc2cc(C)cc(C)c2)cc1NC(=O)c1ccccc1C. The Bertz CT molecular complexity index is 1180. The third-order valence-electron chi connectivity index (χ3n) is 4.59. The number of hydrogen-bond donors (Lipinski definition) is 2. The summed E-state index contributed by atoms with van der Waals surface area (Å²) in [5.41, 5.74) is 3.97. The summed E-state index contributed by atoms with van der Waals surface area (Å²) in [6.45, 7) is 5.63. The Morgan fingerprint density at radius 3 is 2.20 bits per heavy atom. The van der Waals surface area contributed by atoms with Gasteiger partial charge in [0, 0.05) is 11.3 Å². The van der Waals surface area contributed by atoms with Gasteiger partial charge in [0.1, 0.15) is 5.75 Å². The van der Waals surface area contributed by atoms with Crippen molar-refractivity contribution in [2.45, 2.75) is 25.7 Å². The molecule has 3 aromatic rings. The zero-order valence-electron chi connectivity index (χ0n) is 17.3. The molecule has 3 rings (SSSR count). The Kier molecular flexibility index (Phi) is 6.12. The van der Waals surface area contributed by atoms with Crippen LogP contribution in [-0.2, 0) is 10.0 Å². The molecular weight excluding hydrogens is 400 g/mol. The van der Waals surface area contributed by atoms with Crippen LogP contribution >= 0.6 is 0 Å². The maximum atomic E-state index is 12.9. The Balaban J connectivity index is 1.93. The van der Waals surface area contributed by atoms with Gasteiger partial charge in [0.15, 0.2) is 0 Å². The van der Waals surface area contributed by atoms with Crippen molar-refractivity contribution in [3.63, 3.8) is 0 Å². The first-order chi connectivity index (χ1) is 14.2. The summed E-state index contributed by atoms with van der Waals surface area (Å²) >= 11 is 0. The van der Waals surface area contributed by atoms with Crippen LogP contribution < -0.4 is 14.8 Å². The predicted molar refractivity (Wildman–Crippen MR) is 119 cm³/mol. The van der Waals surface area contributed by atoms with E-state index in [9.17, 15) is 13.2 Å². The van der Waals surface area contributed by atoms with Gasteiger partial charge in [0.2, 0.25) is 0 Å². The van der Waals surface area contributed by atoms with Crippen molar-refractivity contribution in [2.24, 2.45) is 0 Å². The molecule has 0 atom stereocenters. The fourth-order valence-corrected chi connectivity index (χ4v) is 4.28. The fourth-order valence-electron chi connectivity index (χ4n) is 3.22. The minimum atomic E-state index is -3.86. The highest BCUT2D eigenvalue weighted by molar-refractivity contribution is 7.92. The van der Waals surface area contributed by atoms with Crippen molar-refractivity contribution < 1.29 is 17.9 Å². The van der Waals surface area contributed by atoms with Gasteiger partial charge in [-0.25, -0.2) is 8.42 Å². The van der Waals surface area contributed by atoms with Gasteiger partial charge in [0.05, 0.1) is 17.7 Å². The number of ether oxygens (including phenoxy) is 1. The van der Waals surface area contributed by atoms with Crippen molar-refractivity contribution in [3.8, 4) is 5.75 Å². The van der Waals surface area contributed by atoms with Crippen LogP contribution in [0, 0.1) is 20.8 Å². The van der Waals surface area contributed by atoms with E-state index in [4.69, 9.17) is 4.74 Å². The first kappa shape index (κ1) is 21.4. The minimum Gasteiger partial charge on any atom is -0.495 e. The zero-order chi connectivity index (χ0) is 21.9. The number of carbonyl (C=O) groups excluding carboxylic acids is 1. The third-order valence-corrected chi connectivity index (χ3v) is 5.97. The van der Waals surface area contributed by atoms with Gasteiger partial charge in [-0.15, -0.1) is 0 Å². The number of nitrogens with one attached hydrogen (secondary N) is 2. The second-order valence-electron chi connectivity index (χ2n) is 7.11. The molecule has 6 nitrogen and oxygen atoms in total. The van der Waals surface area contributed by atoms with Gasteiger partial charge in [-0.2, -0.15) is 0 Å². The number of sulfonamides is 1. The highest BCUT2D eigenvalue weighted by atomic mass is 32.2. The predicted octanol–water partition coefficient (Wildman–Crippen LogP) is 4.67. The standard InChI is InChI=1S/C23H24N2O4S/c1-15-11-16(2)13-18(12-15)25-30(27,28)19-9-10-22(29-4)21(14-19)24-23(26)20-8-6-5-7-17(20)3/h5-14,25H,1-4H3,(H,24,26). The zero-order valence-corrected chi connectivity index (χ0v) is 18.1. The molecule has 0 aliphatic carbocycles. The third kappa shape index (κ3) is 4.80. The lowest BCUT2D eigenvalue weighted by atomic mass is 10.1. The van der Waals surface area contributed by atoms with E-state index in [1.54, 1.807) is 24.3 Å². The van der Waals surface area contributed by atoms with Gasteiger partial charge in [-0.05, 0) is 73.9 Å². The maximum absolute atomic E-state index is 12.9. The number of amides is 1. The number of anilines is 2. The number of methoxy groups -OCH3 is 1. The number of aryl methyl sites for hydroxylation is 3. The minimum absolute atomic E-state index is 0.0162. The maximum Gasteiger partial charge on any atom is 0.261 e. The van der Waals surface area contributed by atoms with E-state index >= 15 is 0 Å². The number of carbonyl (C=O) groups is 1. The molecule has 2 N–H and O–H groups in total. The average Bonchev–Trinajstić information content (AvgIpc) is 2.67. The molecule has 0 aliphatic heterocycles. The Hall–Kier alpha value is -3.32. The van der Waals surface area contributed by atoms with E-state index < -0.39 is 10.0 Å². The monoisotopic (exact) mass is 424 g/mol. The van der Waals surface area contributed by atoms with Gasteiger partial charge in [-0.1, -0.05) is 24.3 Å². The quantitative estimate of drug-likeness (QED) is 0.602. The summed E-state index contributed by atoms with van der Waals surface area (Å²) in [5.74, 6) is 0.0190. The average molecular weight is 425 g/mol. The lowest BCUT2D eigenvalue weighted by Gasteiger charge is -2.14. The van der Waals surface area contributed by atoms with Crippen molar-refractivity contribution >= 4 is 27.3 Å². The molecule has 0 heterocycles. The molecule has 1 amide bonds. The summed E-state index contributed by atoms with van der Waals surface area (Å²) in [7, 11) is -2.40. The Morgan fingerprint density at radius 1 is 0.900 bits per heavy atom. The first-order valence-electron chi connectivity index (χ1n) is 9.36. The van der Waals surface area contributed by atoms with Gasteiger partial charge in [-0.3, -0.25) is 9.52 Å². The highest BCUT2D eigenvalue weighted by Gasteiger charge is 2.19. The lowest BCUT2D eigenvalue weighted by molar-refractivity contribution is 0.102. The summed E-state index contributed by atoms with van der Waals surface area (Å²) in [6.07, 6.45) is 0. The van der Waals surface area contributed by atoms with E-state index in [2.05, 4.69) is 10.0 Å². The molecular formula is C23H24N2O4S. The van der Waals surface area contributed by atoms with Crippen LogP contribution in [0.1, 0.15) is 27.0 Å². The van der Waals surface area contributed by atoms with E-state index in [1.165, 1.54) is 25.3 Å². The molecule has 0 saturated heterocycles.